The molecule has 0 aliphatic carbocycles. The molecule has 1 aromatic carbocycles. The lowest BCUT2D eigenvalue weighted by molar-refractivity contribution is -0.121. The zero-order valence-electron chi connectivity index (χ0n) is 9.20. The number of hydrogen-bond acceptors (Lipinski definition) is 3. The maximum atomic E-state index is 11.7. The molecule has 0 radical (unpaired) electrons. The molecule has 94 valence electrons. The van der Waals surface area contributed by atoms with Crippen LogP contribution >= 0.6 is 45.2 Å². The van der Waals surface area contributed by atoms with Crippen LogP contribution in [-0.2, 0) is 4.79 Å². The molecule has 0 unspecified atom stereocenters. The number of urea groups is 1. The Morgan fingerprint density at radius 3 is 2.28 bits per heavy atom. The highest BCUT2D eigenvalue weighted by molar-refractivity contribution is 14.1. The Morgan fingerprint density at radius 1 is 1.28 bits per heavy atom. The lowest BCUT2D eigenvalue weighted by atomic mass is 10.2. The molecule has 1 aromatic rings. The fourth-order valence-corrected chi connectivity index (χ4v) is 3.27. The van der Waals surface area contributed by atoms with Crippen molar-refractivity contribution in [1.29, 1.82) is 0 Å². The van der Waals surface area contributed by atoms with E-state index in [4.69, 9.17) is 0 Å². The van der Waals surface area contributed by atoms with Gasteiger partial charge in [-0.15, -0.1) is 0 Å². The van der Waals surface area contributed by atoms with Gasteiger partial charge in [-0.3, -0.25) is 9.69 Å². The van der Waals surface area contributed by atoms with Gasteiger partial charge in [-0.2, -0.15) is 0 Å². The van der Waals surface area contributed by atoms with Crippen molar-refractivity contribution in [3.63, 3.8) is 0 Å². The first-order chi connectivity index (χ1) is 8.40. The molecule has 0 atom stereocenters. The van der Waals surface area contributed by atoms with Gasteiger partial charge in [-0.05, 0) is 69.0 Å². The molecule has 0 aromatic heterocycles. The van der Waals surface area contributed by atoms with Gasteiger partial charge in [0.25, 0.3) is 5.91 Å². The van der Waals surface area contributed by atoms with Crippen LogP contribution < -0.4 is 5.32 Å². The van der Waals surface area contributed by atoms with Crippen LogP contribution in [0.3, 0.4) is 0 Å². The first kappa shape index (κ1) is 13.6. The molecule has 2 N–H and O–H groups in total. The molecule has 7 heteroatoms. The lowest BCUT2D eigenvalue weighted by Crippen LogP contribution is -2.25. The molecule has 5 nitrogen and oxygen atoms in total. The topological polar surface area (TPSA) is 69.6 Å². The second-order valence-electron chi connectivity index (χ2n) is 3.69. The molecule has 1 aliphatic heterocycles. The van der Waals surface area contributed by atoms with Crippen molar-refractivity contribution >= 4 is 63.2 Å². The molecule has 3 amide bonds. The quantitative estimate of drug-likeness (QED) is 0.376. The first-order valence-electron chi connectivity index (χ1n) is 4.89. The third-order valence-corrected chi connectivity index (χ3v) is 4.08. The highest BCUT2D eigenvalue weighted by Gasteiger charge is 2.29. The summed E-state index contributed by atoms with van der Waals surface area (Å²) in [5, 5.41) is 12.1. The molecule has 1 heterocycles. The number of phenols is 1. The van der Waals surface area contributed by atoms with E-state index in [1.54, 1.807) is 18.2 Å². The third-order valence-electron chi connectivity index (χ3n) is 2.43. The number of rotatable bonds is 1. The molecule has 1 saturated heterocycles. The number of likely N-dealkylation sites (N-methyl/N-ethyl adjacent to an activating group) is 1. The summed E-state index contributed by atoms with van der Waals surface area (Å²) in [4.78, 5) is 24.0. The smallest absolute Gasteiger partial charge is 0.328 e. The van der Waals surface area contributed by atoms with Crippen LogP contribution in [0.25, 0.3) is 6.08 Å². The number of halogens is 2. The van der Waals surface area contributed by atoms with E-state index in [0.717, 1.165) is 10.5 Å². The van der Waals surface area contributed by atoms with E-state index in [0.29, 0.717) is 7.14 Å². The van der Waals surface area contributed by atoms with E-state index >= 15 is 0 Å². The number of benzene rings is 1. The first-order valence-corrected chi connectivity index (χ1v) is 7.04. The van der Waals surface area contributed by atoms with Gasteiger partial charge in [0.1, 0.15) is 11.4 Å². The van der Waals surface area contributed by atoms with E-state index < -0.39 is 6.03 Å². The Kier molecular flexibility index (Phi) is 3.80. The average Bonchev–Trinajstić information content (AvgIpc) is 2.54. The minimum atomic E-state index is -0.436. The fourth-order valence-electron chi connectivity index (χ4n) is 1.46. The summed E-state index contributed by atoms with van der Waals surface area (Å²) in [5.74, 6) is -0.143. The Bertz CT molecular complexity index is 561. The molecule has 0 spiro atoms. The maximum absolute atomic E-state index is 11.7. The number of imide groups is 1. The van der Waals surface area contributed by atoms with Crippen molar-refractivity contribution in [2.24, 2.45) is 0 Å². The summed E-state index contributed by atoms with van der Waals surface area (Å²) in [6, 6.07) is 3.04. The van der Waals surface area contributed by atoms with Crippen LogP contribution in [0.5, 0.6) is 5.75 Å². The van der Waals surface area contributed by atoms with E-state index in [-0.39, 0.29) is 17.4 Å². The fraction of sp³-hybridized carbons (Fsp3) is 0.0909. The van der Waals surface area contributed by atoms with Crippen molar-refractivity contribution in [2.45, 2.75) is 0 Å². The van der Waals surface area contributed by atoms with E-state index in [9.17, 15) is 14.7 Å². The van der Waals surface area contributed by atoms with Crippen LogP contribution in [-0.4, -0.2) is 29.0 Å². The van der Waals surface area contributed by atoms with E-state index in [1.807, 2.05) is 45.2 Å². The van der Waals surface area contributed by atoms with Gasteiger partial charge in [0.15, 0.2) is 0 Å². The Hall–Kier alpha value is -0.840. The summed E-state index contributed by atoms with van der Waals surface area (Å²) >= 11 is 4.02. The number of aromatic hydroxyl groups is 1. The second-order valence-corrected chi connectivity index (χ2v) is 6.01. The minimum absolute atomic E-state index is 0.220. The Balaban J connectivity index is 2.40. The summed E-state index contributed by atoms with van der Waals surface area (Å²) < 4.78 is 1.38. The molecule has 18 heavy (non-hydrogen) atoms. The van der Waals surface area contributed by atoms with Gasteiger partial charge in [0.2, 0.25) is 0 Å². The van der Waals surface area contributed by atoms with Crippen LogP contribution in [0.2, 0.25) is 0 Å². The van der Waals surface area contributed by atoms with Crippen LogP contribution in [0.4, 0.5) is 4.79 Å². The van der Waals surface area contributed by atoms with Crippen LogP contribution in [0.1, 0.15) is 5.56 Å². The number of carbonyl (C=O) groups is 2. The maximum Gasteiger partial charge on any atom is 0.328 e. The summed E-state index contributed by atoms with van der Waals surface area (Å²) in [7, 11) is 1.42. The van der Waals surface area contributed by atoms with Gasteiger partial charge >= 0.3 is 6.03 Å². The average molecular weight is 470 g/mol. The van der Waals surface area contributed by atoms with Crippen LogP contribution in [0, 0.1) is 7.14 Å². The number of hydrogen-bond donors (Lipinski definition) is 2. The summed E-state index contributed by atoms with van der Waals surface area (Å²) in [6.07, 6.45) is 1.59. The zero-order chi connectivity index (χ0) is 13.4. The normalized spacial score (nSPS) is 17.5. The zero-order valence-corrected chi connectivity index (χ0v) is 13.5. The number of nitrogens with zero attached hydrogens (tertiary/aromatic N) is 1. The number of nitrogens with one attached hydrogen (secondary N) is 1. The standard InChI is InChI=1S/C11H8I2N2O3/c1-15-10(17)8(14-11(15)18)4-5-2-6(12)9(16)7(13)3-5/h2-4,16H,1H3,(H,14,18)/b8-4+. The predicted octanol–water partition coefficient (Wildman–Crippen LogP) is 2.12. The van der Waals surface area contributed by atoms with Crippen molar-refractivity contribution in [3.8, 4) is 5.75 Å². The monoisotopic (exact) mass is 470 g/mol. The Labute approximate surface area is 131 Å². The highest BCUT2D eigenvalue weighted by atomic mass is 127. The SMILES string of the molecule is CN1C(=O)N/C(=C/c2cc(I)c(O)c(I)c2)C1=O. The molecule has 0 bridgehead atoms. The molecule has 1 fully saturated rings. The van der Waals surface area contributed by atoms with Crippen LogP contribution in [0.15, 0.2) is 17.8 Å². The lowest BCUT2D eigenvalue weighted by Gasteiger charge is -2.03. The van der Waals surface area contributed by atoms with E-state index in [2.05, 4.69) is 5.32 Å². The number of amides is 3. The van der Waals surface area contributed by atoms with Crippen molar-refractivity contribution in [1.82, 2.24) is 10.2 Å². The molecule has 1 aliphatic rings. The largest absolute Gasteiger partial charge is 0.506 e. The van der Waals surface area contributed by atoms with E-state index in [1.165, 1.54) is 7.05 Å². The highest BCUT2D eigenvalue weighted by Crippen LogP contribution is 2.28. The van der Waals surface area contributed by atoms with Gasteiger partial charge in [0.05, 0.1) is 7.14 Å². The molecular weight excluding hydrogens is 462 g/mol. The van der Waals surface area contributed by atoms with Gasteiger partial charge < -0.3 is 10.4 Å². The molecule has 0 saturated carbocycles. The number of phenolic OH excluding ortho intramolecular Hbond substituents is 1. The molecular formula is C11H8I2N2O3. The second kappa shape index (κ2) is 5.03. The molecule has 2 rings (SSSR count). The predicted molar refractivity (Wildman–Crippen MR) is 82.8 cm³/mol. The summed E-state index contributed by atoms with van der Waals surface area (Å²) in [6.45, 7) is 0. The third kappa shape index (κ3) is 2.46. The van der Waals surface area contributed by atoms with Gasteiger partial charge in [0, 0.05) is 7.05 Å². The van der Waals surface area contributed by atoms with Crippen molar-refractivity contribution in [3.05, 3.63) is 30.5 Å². The minimum Gasteiger partial charge on any atom is -0.506 e. The number of carbonyl (C=O) groups excluding carboxylic acids is 2. The van der Waals surface area contributed by atoms with Gasteiger partial charge in [-0.25, -0.2) is 4.79 Å². The van der Waals surface area contributed by atoms with Crippen molar-refractivity contribution in [2.75, 3.05) is 7.05 Å². The van der Waals surface area contributed by atoms with Gasteiger partial charge in [-0.1, -0.05) is 0 Å². The van der Waals surface area contributed by atoms with Crippen molar-refractivity contribution < 1.29 is 14.7 Å². The Morgan fingerprint density at radius 2 is 1.83 bits per heavy atom. The summed E-state index contributed by atoms with van der Waals surface area (Å²) in [5.41, 5.74) is 0.986.